The van der Waals surface area contributed by atoms with Gasteiger partial charge >= 0.3 is 5.97 Å². The summed E-state index contributed by atoms with van der Waals surface area (Å²) in [5.74, 6) is -0.251. The van der Waals surface area contributed by atoms with Crippen LogP contribution < -0.4 is 5.56 Å². The van der Waals surface area contributed by atoms with Gasteiger partial charge in [0, 0.05) is 10.1 Å². The van der Waals surface area contributed by atoms with Crippen LogP contribution in [0.2, 0.25) is 5.02 Å². The molecule has 0 saturated heterocycles. The molecule has 0 amide bonds. The molecule has 0 aliphatic heterocycles. The van der Waals surface area contributed by atoms with Crippen molar-refractivity contribution in [3.8, 4) is 0 Å². The van der Waals surface area contributed by atoms with Crippen LogP contribution in [-0.2, 0) is 4.74 Å². The van der Waals surface area contributed by atoms with E-state index in [-0.39, 0.29) is 5.56 Å². The monoisotopic (exact) mass is 384 g/mol. The highest BCUT2D eigenvalue weighted by Crippen LogP contribution is 2.36. The molecule has 130 valence electrons. The van der Waals surface area contributed by atoms with Gasteiger partial charge in [-0.25, -0.2) is 9.78 Å². The number of benzene rings is 2. The van der Waals surface area contributed by atoms with Crippen molar-refractivity contribution < 1.29 is 9.53 Å². The summed E-state index contributed by atoms with van der Waals surface area (Å²) >= 11 is 7.60. The fraction of sp³-hybridized carbons (Fsp3) is 0.105. The number of thiophene rings is 1. The molecular weight excluding hydrogens is 372 g/mol. The Morgan fingerprint density at radius 2 is 1.85 bits per heavy atom. The predicted octanol–water partition coefficient (Wildman–Crippen LogP) is 4.71. The number of aromatic nitrogens is 2. The lowest BCUT2D eigenvalue weighted by atomic mass is 10.2. The van der Waals surface area contributed by atoms with Gasteiger partial charge in [-0.2, -0.15) is 0 Å². The molecule has 0 aliphatic carbocycles. The molecule has 4 aromatic rings. The number of nitrogens with one attached hydrogen (secondary N) is 1. The molecule has 26 heavy (non-hydrogen) atoms. The van der Waals surface area contributed by atoms with Gasteiger partial charge in [-0.3, -0.25) is 4.79 Å². The molecule has 2 aromatic carbocycles. The third kappa shape index (κ3) is 2.87. The standard InChI is InChI=1S/C19H13ClN2O3S/c1-10(17-21-13-8-4-2-6-11(13)18(23)22-17)25-19(24)16-15(20)12-7-3-5-9-14(12)26-16/h2-10H,1H3,(H,21,22,23)/t10-/m1/s1. The van der Waals surface area contributed by atoms with Crippen LogP contribution in [0.3, 0.4) is 0 Å². The summed E-state index contributed by atoms with van der Waals surface area (Å²) in [6, 6.07) is 14.5. The van der Waals surface area contributed by atoms with Gasteiger partial charge in [0.25, 0.3) is 5.56 Å². The van der Waals surface area contributed by atoms with Crippen molar-refractivity contribution in [3.63, 3.8) is 0 Å². The lowest BCUT2D eigenvalue weighted by molar-refractivity contribution is 0.0326. The van der Waals surface area contributed by atoms with Crippen LogP contribution in [0.15, 0.2) is 53.3 Å². The Kier molecular flexibility index (Phi) is 4.22. The molecule has 0 aliphatic rings. The fourth-order valence-electron chi connectivity index (χ4n) is 2.71. The van der Waals surface area contributed by atoms with Gasteiger partial charge in [0.05, 0.1) is 15.9 Å². The van der Waals surface area contributed by atoms with E-state index < -0.39 is 12.1 Å². The van der Waals surface area contributed by atoms with Crippen molar-refractivity contribution in [2.75, 3.05) is 0 Å². The second kappa shape index (κ2) is 6.55. The number of nitrogens with zero attached hydrogens (tertiary/aromatic N) is 1. The van der Waals surface area contributed by atoms with Crippen LogP contribution in [0.1, 0.15) is 28.5 Å². The van der Waals surface area contributed by atoms with E-state index in [1.165, 1.54) is 11.3 Å². The maximum Gasteiger partial charge on any atom is 0.350 e. The topological polar surface area (TPSA) is 72.0 Å². The Hall–Kier alpha value is -2.70. The molecule has 0 unspecified atom stereocenters. The van der Waals surface area contributed by atoms with Gasteiger partial charge in [0.2, 0.25) is 0 Å². The van der Waals surface area contributed by atoms with Crippen molar-refractivity contribution in [2.24, 2.45) is 0 Å². The zero-order valence-electron chi connectivity index (χ0n) is 13.7. The number of ether oxygens (including phenoxy) is 1. The van der Waals surface area contributed by atoms with E-state index in [2.05, 4.69) is 9.97 Å². The molecular formula is C19H13ClN2O3S. The number of aromatic amines is 1. The molecule has 1 N–H and O–H groups in total. The highest BCUT2D eigenvalue weighted by Gasteiger charge is 2.22. The normalized spacial score (nSPS) is 12.4. The van der Waals surface area contributed by atoms with Crippen LogP contribution in [-0.4, -0.2) is 15.9 Å². The van der Waals surface area contributed by atoms with E-state index in [0.29, 0.717) is 26.6 Å². The van der Waals surface area contributed by atoms with E-state index >= 15 is 0 Å². The van der Waals surface area contributed by atoms with E-state index in [4.69, 9.17) is 16.3 Å². The Bertz CT molecular complexity index is 1200. The minimum absolute atomic E-state index is 0.270. The maximum absolute atomic E-state index is 12.6. The van der Waals surface area contributed by atoms with E-state index in [1.807, 2.05) is 24.3 Å². The minimum atomic E-state index is -0.721. The number of carbonyl (C=O) groups excluding carboxylic acids is 1. The van der Waals surface area contributed by atoms with Gasteiger partial charge in [-0.15, -0.1) is 11.3 Å². The molecule has 2 aromatic heterocycles. The van der Waals surface area contributed by atoms with Crippen LogP contribution in [0.4, 0.5) is 0 Å². The zero-order chi connectivity index (χ0) is 18.3. The SMILES string of the molecule is C[C@@H](OC(=O)c1sc2ccccc2c1Cl)c1nc2ccccc2c(=O)[nH]1. The summed E-state index contributed by atoms with van der Waals surface area (Å²) < 4.78 is 6.40. The quantitative estimate of drug-likeness (QED) is 0.519. The molecule has 7 heteroatoms. The van der Waals surface area contributed by atoms with Crippen molar-refractivity contribution >= 4 is 49.9 Å². The minimum Gasteiger partial charge on any atom is -0.450 e. The Morgan fingerprint density at radius 1 is 1.15 bits per heavy atom. The molecule has 4 rings (SSSR count). The number of para-hydroxylation sites is 1. The third-order valence-corrected chi connectivity index (χ3v) is 5.68. The molecule has 1 atom stereocenters. The number of halogens is 1. The zero-order valence-corrected chi connectivity index (χ0v) is 15.2. The third-order valence-electron chi connectivity index (χ3n) is 4.02. The number of H-pyrrole nitrogens is 1. The number of fused-ring (bicyclic) bond motifs is 2. The molecule has 0 spiro atoms. The number of rotatable bonds is 3. The van der Waals surface area contributed by atoms with Crippen LogP contribution in [0.25, 0.3) is 21.0 Å². The second-order valence-electron chi connectivity index (χ2n) is 5.76. The number of hydrogen-bond acceptors (Lipinski definition) is 5. The highest BCUT2D eigenvalue weighted by molar-refractivity contribution is 7.21. The summed E-state index contributed by atoms with van der Waals surface area (Å²) in [5, 5.41) is 1.68. The van der Waals surface area contributed by atoms with Gasteiger partial charge in [-0.05, 0) is 25.1 Å². The Labute approximate surface area is 157 Å². The molecule has 0 radical (unpaired) electrons. The van der Waals surface area contributed by atoms with Crippen molar-refractivity contribution in [1.82, 2.24) is 9.97 Å². The smallest absolute Gasteiger partial charge is 0.350 e. The van der Waals surface area contributed by atoms with Crippen LogP contribution in [0.5, 0.6) is 0 Å². The van der Waals surface area contributed by atoms with Crippen molar-refractivity contribution in [3.05, 3.63) is 74.6 Å². The van der Waals surface area contributed by atoms with Gasteiger partial charge < -0.3 is 9.72 Å². The highest BCUT2D eigenvalue weighted by atomic mass is 35.5. The van der Waals surface area contributed by atoms with E-state index in [1.54, 1.807) is 31.2 Å². The summed E-state index contributed by atoms with van der Waals surface area (Å²) in [6.07, 6.45) is -0.721. The van der Waals surface area contributed by atoms with Gasteiger partial charge in [-0.1, -0.05) is 41.9 Å². The molecule has 0 saturated carbocycles. The average Bonchev–Trinajstić information content (AvgIpc) is 2.99. The Balaban J connectivity index is 1.65. The molecule has 5 nitrogen and oxygen atoms in total. The summed E-state index contributed by atoms with van der Waals surface area (Å²) in [4.78, 5) is 32.1. The molecule has 0 fully saturated rings. The average molecular weight is 385 g/mol. The van der Waals surface area contributed by atoms with Crippen LogP contribution in [0, 0.1) is 0 Å². The number of carbonyl (C=O) groups is 1. The first-order valence-corrected chi connectivity index (χ1v) is 9.11. The maximum atomic E-state index is 12.6. The van der Waals surface area contributed by atoms with E-state index in [0.717, 1.165) is 10.1 Å². The summed E-state index contributed by atoms with van der Waals surface area (Å²) in [5.41, 5.74) is 0.280. The predicted molar refractivity (Wildman–Crippen MR) is 103 cm³/mol. The van der Waals surface area contributed by atoms with Crippen LogP contribution >= 0.6 is 22.9 Å². The first kappa shape index (κ1) is 16.8. The lowest BCUT2D eigenvalue weighted by Gasteiger charge is -2.12. The lowest BCUT2D eigenvalue weighted by Crippen LogP contribution is -2.17. The summed E-state index contributed by atoms with van der Waals surface area (Å²) in [6.45, 7) is 1.66. The van der Waals surface area contributed by atoms with Crippen molar-refractivity contribution in [1.29, 1.82) is 0 Å². The number of hydrogen-bond donors (Lipinski definition) is 1. The van der Waals surface area contributed by atoms with Gasteiger partial charge in [0.15, 0.2) is 11.9 Å². The fourth-order valence-corrected chi connectivity index (χ4v) is 4.10. The second-order valence-corrected chi connectivity index (χ2v) is 7.19. The number of esters is 1. The van der Waals surface area contributed by atoms with Crippen molar-refractivity contribution in [2.45, 2.75) is 13.0 Å². The summed E-state index contributed by atoms with van der Waals surface area (Å²) in [7, 11) is 0. The van der Waals surface area contributed by atoms with Gasteiger partial charge in [0.1, 0.15) is 4.88 Å². The first-order chi connectivity index (χ1) is 12.5. The Morgan fingerprint density at radius 3 is 2.62 bits per heavy atom. The first-order valence-electron chi connectivity index (χ1n) is 7.91. The van der Waals surface area contributed by atoms with E-state index in [9.17, 15) is 9.59 Å². The largest absolute Gasteiger partial charge is 0.450 e. The molecule has 2 heterocycles. The molecule has 0 bridgehead atoms.